The third-order valence-corrected chi connectivity index (χ3v) is 4.64. The molecule has 4 nitrogen and oxygen atoms in total. The number of hydrogen-bond donors (Lipinski definition) is 2. The van der Waals surface area contributed by atoms with Crippen LogP contribution in [0.5, 0.6) is 0 Å². The van der Waals surface area contributed by atoms with E-state index in [1.165, 1.54) is 0 Å². The molecular weight excluding hydrogens is 324 g/mol. The second-order valence-electron chi connectivity index (χ2n) is 6.65. The molecule has 1 aliphatic carbocycles. The van der Waals surface area contributed by atoms with Crippen molar-refractivity contribution >= 4 is 22.6 Å². The first-order valence-electron chi connectivity index (χ1n) is 8.86. The minimum absolute atomic E-state index is 0.0739. The molecule has 0 unspecified atom stereocenters. The lowest BCUT2D eigenvalue weighted by atomic mass is 10.0. The van der Waals surface area contributed by atoms with Gasteiger partial charge < -0.3 is 10.6 Å². The summed E-state index contributed by atoms with van der Waals surface area (Å²) in [5.74, 6) is -0.220. The van der Waals surface area contributed by atoms with Crippen molar-refractivity contribution in [1.82, 2.24) is 10.6 Å². The van der Waals surface area contributed by atoms with Gasteiger partial charge in [0.25, 0.3) is 11.8 Å². The van der Waals surface area contributed by atoms with Crippen LogP contribution in [0.15, 0.2) is 66.7 Å². The van der Waals surface area contributed by atoms with Crippen molar-refractivity contribution in [1.29, 1.82) is 0 Å². The fraction of sp³-hybridized carbons (Fsp3) is 0.182. The van der Waals surface area contributed by atoms with E-state index >= 15 is 0 Å². The average molecular weight is 344 g/mol. The summed E-state index contributed by atoms with van der Waals surface area (Å²) in [6.45, 7) is 0.462. The van der Waals surface area contributed by atoms with Crippen molar-refractivity contribution < 1.29 is 9.59 Å². The zero-order valence-corrected chi connectivity index (χ0v) is 14.4. The number of benzene rings is 3. The lowest BCUT2D eigenvalue weighted by Crippen LogP contribution is -2.26. The van der Waals surface area contributed by atoms with Gasteiger partial charge in [-0.15, -0.1) is 0 Å². The first-order valence-corrected chi connectivity index (χ1v) is 8.86. The number of carbonyl (C=O) groups is 2. The first kappa shape index (κ1) is 16.3. The van der Waals surface area contributed by atoms with E-state index in [0.29, 0.717) is 23.7 Å². The quantitative estimate of drug-likeness (QED) is 0.742. The molecule has 0 saturated heterocycles. The molecule has 1 fully saturated rings. The second kappa shape index (κ2) is 7.00. The van der Waals surface area contributed by atoms with Crippen LogP contribution in [0.1, 0.15) is 39.1 Å². The summed E-state index contributed by atoms with van der Waals surface area (Å²) < 4.78 is 0. The van der Waals surface area contributed by atoms with Gasteiger partial charge in [-0.2, -0.15) is 0 Å². The number of nitrogens with one attached hydrogen (secondary N) is 2. The summed E-state index contributed by atoms with van der Waals surface area (Å²) in [7, 11) is 0. The zero-order valence-electron chi connectivity index (χ0n) is 14.4. The highest BCUT2D eigenvalue weighted by Gasteiger charge is 2.23. The van der Waals surface area contributed by atoms with Gasteiger partial charge in [-0.25, -0.2) is 0 Å². The summed E-state index contributed by atoms with van der Waals surface area (Å²) in [6.07, 6.45) is 2.11. The first-order chi connectivity index (χ1) is 12.7. The van der Waals surface area contributed by atoms with E-state index in [9.17, 15) is 9.59 Å². The summed E-state index contributed by atoms with van der Waals surface area (Å²) in [4.78, 5) is 24.4. The lowest BCUT2D eigenvalue weighted by molar-refractivity contribution is 0.0939. The maximum atomic E-state index is 12.4. The number of amides is 2. The minimum Gasteiger partial charge on any atom is -0.349 e. The Kier molecular flexibility index (Phi) is 4.40. The van der Waals surface area contributed by atoms with Crippen LogP contribution < -0.4 is 10.6 Å². The Balaban J connectivity index is 1.42. The average Bonchev–Trinajstić information content (AvgIpc) is 3.50. The third-order valence-electron chi connectivity index (χ3n) is 4.64. The number of hydrogen-bond acceptors (Lipinski definition) is 2. The van der Waals surface area contributed by atoms with Crippen LogP contribution in [0.4, 0.5) is 0 Å². The second-order valence-corrected chi connectivity index (χ2v) is 6.65. The standard InChI is InChI=1S/C22H20N2O2/c25-21(16-8-10-17(11-9-16)22(26)24-19-12-13-19)23-14-18-6-3-5-15-4-1-2-7-20(15)18/h1-11,19H,12-14H2,(H,23,25)(H,24,26). The molecule has 26 heavy (non-hydrogen) atoms. The molecule has 0 aliphatic heterocycles. The van der Waals surface area contributed by atoms with Gasteiger partial charge in [0.2, 0.25) is 0 Å². The molecule has 0 heterocycles. The molecule has 4 rings (SSSR count). The van der Waals surface area contributed by atoms with Gasteiger partial charge in [0.1, 0.15) is 0 Å². The molecule has 3 aromatic carbocycles. The van der Waals surface area contributed by atoms with E-state index in [1.54, 1.807) is 24.3 Å². The molecule has 4 heteroatoms. The Bertz CT molecular complexity index is 954. The molecular formula is C22H20N2O2. The van der Waals surface area contributed by atoms with E-state index in [2.05, 4.69) is 28.8 Å². The van der Waals surface area contributed by atoms with Crippen molar-refractivity contribution in [2.24, 2.45) is 0 Å². The molecule has 2 amide bonds. The Morgan fingerprint density at radius 2 is 1.46 bits per heavy atom. The Hall–Kier alpha value is -3.14. The highest BCUT2D eigenvalue weighted by Crippen LogP contribution is 2.20. The monoisotopic (exact) mass is 344 g/mol. The van der Waals surface area contributed by atoms with Gasteiger partial charge in [0.15, 0.2) is 0 Å². The summed E-state index contributed by atoms with van der Waals surface area (Å²) in [5.41, 5.74) is 2.22. The van der Waals surface area contributed by atoms with Gasteiger partial charge in [0, 0.05) is 23.7 Å². The SMILES string of the molecule is O=C(NCc1cccc2ccccc12)c1ccc(C(=O)NC2CC2)cc1. The van der Waals surface area contributed by atoms with Gasteiger partial charge in [-0.05, 0) is 53.4 Å². The van der Waals surface area contributed by atoms with Crippen molar-refractivity contribution in [3.05, 3.63) is 83.4 Å². The van der Waals surface area contributed by atoms with E-state index in [1.807, 2.05) is 24.3 Å². The molecule has 0 atom stereocenters. The largest absolute Gasteiger partial charge is 0.349 e. The normalized spacial score (nSPS) is 13.4. The highest BCUT2D eigenvalue weighted by molar-refractivity contribution is 5.98. The van der Waals surface area contributed by atoms with Crippen LogP contribution in [-0.4, -0.2) is 17.9 Å². The van der Waals surface area contributed by atoms with Gasteiger partial charge >= 0.3 is 0 Å². The number of fused-ring (bicyclic) bond motifs is 1. The minimum atomic E-state index is -0.146. The molecule has 0 aromatic heterocycles. The summed E-state index contributed by atoms with van der Waals surface area (Å²) in [6, 6.07) is 21.3. The number of rotatable bonds is 5. The maximum Gasteiger partial charge on any atom is 0.251 e. The van der Waals surface area contributed by atoms with Crippen molar-refractivity contribution in [2.45, 2.75) is 25.4 Å². The van der Waals surface area contributed by atoms with Crippen LogP contribution in [0, 0.1) is 0 Å². The van der Waals surface area contributed by atoms with Crippen molar-refractivity contribution in [3.8, 4) is 0 Å². The van der Waals surface area contributed by atoms with Crippen LogP contribution >= 0.6 is 0 Å². The van der Waals surface area contributed by atoms with Crippen LogP contribution in [-0.2, 0) is 6.54 Å². The van der Waals surface area contributed by atoms with Gasteiger partial charge in [-0.3, -0.25) is 9.59 Å². The Labute approximate surface area is 152 Å². The lowest BCUT2D eigenvalue weighted by Gasteiger charge is -2.09. The third kappa shape index (κ3) is 3.59. The predicted molar refractivity (Wildman–Crippen MR) is 102 cm³/mol. The molecule has 1 aliphatic rings. The van der Waals surface area contributed by atoms with Gasteiger partial charge in [0.05, 0.1) is 0 Å². The predicted octanol–water partition coefficient (Wildman–Crippen LogP) is 3.66. The highest BCUT2D eigenvalue weighted by atomic mass is 16.2. The van der Waals surface area contributed by atoms with Gasteiger partial charge in [-0.1, -0.05) is 42.5 Å². The molecule has 130 valence electrons. The molecule has 1 saturated carbocycles. The van der Waals surface area contributed by atoms with E-state index in [4.69, 9.17) is 0 Å². The fourth-order valence-electron chi connectivity index (χ4n) is 2.99. The molecule has 0 spiro atoms. The molecule has 3 aromatic rings. The molecule has 2 N–H and O–H groups in total. The zero-order chi connectivity index (χ0) is 17.9. The number of carbonyl (C=O) groups excluding carboxylic acids is 2. The van der Waals surface area contributed by atoms with Crippen molar-refractivity contribution in [3.63, 3.8) is 0 Å². The van der Waals surface area contributed by atoms with Crippen molar-refractivity contribution in [2.75, 3.05) is 0 Å². The van der Waals surface area contributed by atoms with E-state index in [-0.39, 0.29) is 11.8 Å². The Morgan fingerprint density at radius 3 is 2.19 bits per heavy atom. The van der Waals surface area contributed by atoms with Crippen LogP contribution in [0.25, 0.3) is 10.8 Å². The molecule has 0 radical (unpaired) electrons. The maximum absolute atomic E-state index is 12.4. The summed E-state index contributed by atoms with van der Waals surface area (Å²) >= 11 is 0. The van der Waals surface area contributed by atoms with E-state index < -0.39 is 0 Å². The van der Waals surface area contributed by atoms with E-state index in [0.717, 1.165) is 29.2 Å². The van der Waals surface area contributed by atoms with Crippen LogP contribution in [0.2, 0.25) is 0 Å². The van der Waals surface area contributed by atoms with Crippen LogP contribution in [0.3, 0.4) is 0 Å². The summed E-state index contributed by atoms with van der Waals surface area (Å²) in [5, 5.41) is 8.20. The Morgan fingerprint density at radius 1 is 0.808 bits per heavy atom. The fourth-order valence-corrected chi connectivity index (χ4v) is 2.99. The topological polar surface area (TPSA) is 58.2 Å². The molecule has 0 bridgehead atoms. The smallest absolute Gasteiger partial charge is 0.251 e.